The van der Waals surface area contributed by atoms with Gasteiger partial charge in [-0.1, -0.05) is 50.3 Å². The van der Waals surface area contributed by atoms with E-state index in [1.54, 1.807) is 33.0 Å². The summed E-state index contributed by atoms with van der Waals surface area (Å²) < 4.78 is 51.4. The largest absolute Gasteiger partial charge is 0.444 e. The molecule has 220 valence electrons. The molecule has 0 bridgehead atoms. The Morgan fingerprint density at radius 3 is 2.51 bits per heavy atom. The van der Waals surface area contributed by atoms with E-state index in [0.29, 0.717) is 18.1 Å². The minimum atomic E-state index is -1.23. The van der Waals surface area contributed by atoms with Crippen molar-refractivity contribution in [3.8, 4) is 11.3 Å². The number of carbonyl (C=O) groups is 1. The molecule has 1 fully saturated rings. The van der Waals surface area contributed by atoms with Crippen molar-refractivity contribution in [3.63, 3.8) is 0 Å². The van der Waals surface area contributed by atoms with Crippen molar-refractivity contribution < 1.29 is 22.7 Å². The number of hydrogen-bond acceptors (Lipinski definition) is 4. The third kappa shape index (κ3) is 7.38. The number of rotatable bonds is 9. The molecule has 0 radical (unpaired) electrons. The molecule has 0 unspecified atom stereocenters. The minimum Gasteiger partial charge on any atom is -0.444 e. The maximum Gasteiger partial charge on any atom is 0.410 e. The van der Waals surface area contributed by atoms with Crippen LogP contribution in [0, 0.1) is 23.0 Å². The number of benzene rings is 2. The van der Waals surface area contributed by atoms with Crippen LogP contribution in [0.2, 0.25) is 0 Å². The molecule has 3 atom stereocenters. The summed E-state index contributed by atoms with van der Waals surface area (Å²) in [5.41, 5.74) is 0.112. The molecule has 1 amide bonds. The lowest BCUT2D eigenvalue weighted by Crippen LogP contribution is -2.40. The number of carbonyl (C=O) groups excluding carboxylic acids is 1. The molecule has 1 aromatic heterocycles. The summed E-state index contributed by atoms with van der Waals surface area (Å²) in [7, 11) is 0. The van der Waals surface area contributed by atoms with Crippen LogP contribution in [0.3, 0.4) is 0 Å². The molecular formula is C32H39F3N4O2. The number of nitrogens with zero attached hydrogens (tertiary/aromatic N) is 3. The van der Waals surface area contributed by atoms with Gasteiger partial charge in [-0.25, -0.2) is 22.9 Å². The van der Waals surface area contributed by atoms with Crippen molar-refractivity contribution >= 4 is 6.09 Å². The highest BCUT2D eigenvalue weighted by Gasteiger charge is 2.39. The smallest absolute Gasteiger partial charge is 0.410 e. The van der Waals surface area contributed by atoms with Crippen LogP contribution >= 0.6 is 0 Å². The van der Waals surface area contributed by atoms with Crippen LogP contribution in [0.15, 0.2) is 67.4 Å². The Hall–Kier alpha value is -3.59. The Morgan fingerprint density at radius 2 is 1.85 bits per heavy atom. The van der Waals surface area contributed by atoms with Gasteiger partial charge in [0.1, 0.15) is 29.2 Å². The van der Waals surface area contributed by atoms with Gasteiger partial charge in [-0.2, -0.15) is 0 Å². The van der Waals surface area contributed by atoms with Crippen LogP contribution in [0.1, 0.15) is 52.0 Å². The second-order valence-corrected chi connectivity index (χ2v) is 12.3. The van der Waals surface area contributed by atoms with E-state index < -0.39 is 46.9 Å². The summed E-state index contributed by atoms with van der Waals surface area (Å²) in [5, 5.41) is 3.48. The third-order valence-electron chi connectivity index (χ3n) is 7.33. The zero-order valence-electron chi connectivity index (χ0n) is 24.3. The number of aromatic nitrogens is 2. The van der Waals surface area contributed by atoms with Crippen LogP contribution in [0.5, 0.6) is 0 Å². The molecule has 3 aromatic rings. The van der Waals surface area contributed by atoms with Crippen molar-refractivity contribution in [2.24, 2.45) is 11.3 Å². The first-order chi connectivity index (χ1) is 19.3. The van der Waals surface area contributed by atoms with E-state index in [4.69, 9.17) is 9.72 Å². The molecule has 0 spiro atoms. The van der Waals surface area contributed by atoms with E-state index in [-0.39, 0.29) is 25.2 Å². The van der Waals surface area contributed by atoms with Gasteiger partial charge in [0.05, 0.1) is 18.3 Å². The molecule has 41 heavy (non-hydrogen) atoms. The average molecular weight is 569 g/mol. The zero-order chi connectivity index (χ0) is 29.9. The number of ether oxygens (including phenoxy) is 1. The zero-order valence-corrected chi connectivity index (χ0v) is 24.3. The first-order valence-electron chi connectivity index (χ1n) is 13.8. The van der Waals surface area contributed by atoms with E-state index in [9.17, 15) is 13.6 Å². The fourth-order valence-electron chi connectivity index (χ4n) is 4.96. The molecule has 2 heterocycles. The van der Waals surface area contributed by atoms with Gasteiger partial charge in [0, 0.05) is 42.7 Å². The molecule has 1 aliphatic heterocycles. The van der Waals surface area contributed by atoms with E-state index in [2.05, 4.69) is 11.9 Å². The highest BCUT2D eigenvalue weighted by molar-refractivity contribution is 5.68. The predicted octanol–water partition coefficient (Wildman–Crippen LogP) is 6.92. The van der Waals surface area contributed by atoms with Gasteiger partial charge >= 0.3 is 6.09 Å². The summed E-state index contributed by atoms with van der Waals surface area (Å²) in [6.45, 7) is 14.2. The lowest BCUT2D eigenvalue weighted by Gasteiger charge is -2.33. The second kappa shape index (κ2) is 12.1. The van der Waals surface area contributed by atoms with Crippen LogP contribution in [-0.2, 0) is 11.3 Å². The van der Waals surface area contributed by atoms with Crippen LogP contribution in [0.25, 0.3) is 11.3 Å². The third-order valence-corrected chi connectivity index (χ3v) is 7.33. The van der Waals surface area contributed by atoms with E-state index >= 15 is 4.39 Å². The number of imidazole rings is 1. The van der Waals surface area contributed by atoms with Crippen molar-refractivity contribution in [1.82, 2.24) is 19.8 Å². The van der Waals surface area contributed by atoms with E-state index in [0.717, 1.165) is 23.8 Å². The molecule has 1 aliphatic rings. The van der Waals surface area contributed by atoms with E-state index in [1.807, 2.05) is 48.7 Å². The Labute approximate surface area is 240 Å². The standard InChI is InChI=1S/C32H39F3N4O2/c1-7-32(5,6)28(36-16-22-18-39(19-26(22)35)30(40)41-31(2,3)4)29-37-27(24-15-23(33)13-14-25(24)34)20-38(29)17-21-11-9-8-10-12-21/h7-15,20,22,26,28,36H,1,16-19H2,2-6H3/t22-,26+,28+/m1/s1. The van der Waals surface area contributed by atoms with Crippen molar-refractivity contribution in [2.75, 3.05) is 19.6 Å². The number of likely N-dealkylation sites (tertiary alicyclic amines) is 1. The highest BCUT2D eigenvalue weighted by atomic mass is 19.1. The van der Waals surface area contributed by atoms with Crippen molar-refractivity contribution in [1.29, 1.82) is 0 Å². The topological polar surface area (TPSA) is 59.4 Å². The predicted molar refractivity (Wildman–Crippen MR) is 154 cm³/mol. The van der Waals surface area contributed by atoms with Crippen molar-refractivity contribution in [2.45, 2.75) is 59.0 Å². The number of alkyl halides is 1. The fourth-order valence-corrected chi connectivity index (χ4v) is 4.96. The Morgan fingerprint density at radius 1 is 1.15 bits per heavy atom. The van der Waals surface area contributed by atoms with Gasteiger partial charge < -0.3 is 19.5 Å². The van der Waals surface area contributed by atoms with Crippen LogP contribution in [0.4, 0.5) is 18.0 Å². The fraction of sp³-hybridized carbons (Fsp3) is 0.438. The molecule has 4 rings (SSSR count). The number of amides is 1. The summed E-state index contributed by atoms with van der Waals surface area (Å²) in [6.07, 6.45) is 1.74. The van der Waals surface area contributed by atoms with Crippen molar-refractivity contribution in [3.05, 3.63) is 90.4 Å². The van der Waals surface area contributed by atoms with E-state index in [1.165, 1.54) is 4.90 Å². The Balaban J connectivity index is 1.66. The van der Waals surface area contributed by atoms with Gasteiger partial charge in [-0.05, 0) is 44.5 Å². The maximum absolute atomic E-state index is 15.1. The SMILES string of the molecule is C=CC(C)(C)[C@@H](NC[C@@H]1CN(C(=O)OC(C)(C)C)C[C@@H]1F)c1nc(-c2cc(F)ccc2F)cn1Cc1ccccc1. The molecular weight excluding hydrogens is 529 g/mol. The summed E-state index contributed by atoms with van der Waals surface area (Å²) >= 11 is 0. The summed E-state index contributed by atoms with van der Waals surface area (Å²) in [5.74, 6) is -1.03. The molecule has 1 N–H and O–H groups in total. The van der Waals surface area contributed by atoms with Crippen LogP contribution < -0.4 is 5.32 Å². The molecule has 1 saturated heterocycles. The summed E-state index contributed by atoms with van der Waals surface area (Å²) in [6, 6.07) is 12.6. The second-order valence-electron chi connectivity index (χ2n) is 12.3. The minimum absolute atomic E-state index is 0.0393. The highest BCUT2D eigenvalue weighted by Crippen LogP contribution is 2.37. The van der Waals surface area contributed by atoms with Gasteiger partial charge in [0.15, 0.2) is 0 Å². The Bertz CT molecular complexity index is 1370. The monoisotopic (exact) mass is 568 g/mol. The first-order valence-corrected chi connectivity index (χ1v) is 13.8. The summed E-state index contributed by atoms with van der Waals surface area (Å²) in [4.78, 5) is 18.8. The average Bonchev–Trinajstić information content (AvgIpc) is 3.48. The lowest BCUT2D eigenvalue weighted by atomic mass is 9.83. The molecule has 0 aliphatic carbocycles. The number of hydrogen-bond donors (Lipinski definition) is 1. The normalized spacial score (nSPS) is 18.4. The molecule has 6 nitrogen and oxygen atoms in total. The van der Waals surface area contributed by atoms with Gasteiger partial charge in [-0.15, -0.1) is 6.58 Å². The maximum atomic E-state index is 15.1. The van der Waals surface area contributed by atoms with Gasteiger partial charge in [0.2, 0.25) is 0 Å². The molecule has 2 aromatic carbocycles. The van der Waals surface area contributed by atoms with Gasteiger partial charge in [0.25, 0.3) is 0 Å². The van der Waals surface area contributed by atoms with Gasteiger partial charge in [-0.3, -0.25) is 0 Å². The first kappa shape index (κ1) is 30.4. The number of halogens is 3. The molecule has 0 saturated carbocycles. The quantitative estimate of drug-likeness (QED) is 0.285. The number of nitrogens with one attached hydrogen (secondary N) is 1. The van der Waals surface area contributed by atoms with Crippen LogP contribution in [-0.4, -0.2) is 52.0 Å². The Kier molecular flexibility index (Phi) is 8.97. The lowest BCUT2D eigenvalue weighted by molar-refractivity contribution is 0.0281. The molecule has 9 heteroatoms.